The molecule has 5 aliphatic rings. The molecule has 0 spiro atoms. The minimum Gasteiger partial charge on any atom is -0.393 e. The number of aryl methyl sites for hydroxylation is 1. The highest BCUT2D eigenvalue weighted by Gasteiger charge is 2.75. The van der Waals surface area contributed by atoms with Gasteiger partial charge in [0.1, 0.15) is 6.61 Å². The molecule has 2 N–H and O–H groups in total. The Labute approximate surface area is 230 Å². The molecule has 7 rings (SSSR count). The molecule has 7 nitrogen and oxygen atoms in total. The highest BCUT2D eigenvalue weighted by molar-refractivity contribution is 5.91. The monoisotopic (exact) mass is 532 g/mol. The van der Waals surface area contributed by atoms with Gasteiger partial charge < -0.3 is 19.7 Å². The van der Waals surface area contributed by atoms with E-state index in [4.69, 9.17) is 14.6 Å². The Morgan fingerprint density at radius 2 is 2.00 bits per heavy atom. The van der Waals surface area contributed by atoms with Crippen LogP contribution in [0, 0.1) is 35.5 Å². The first-order chi connectivity index (χ1) is 18.6. The molecule has 2 heterocycles. The van der Waals surface area contributed by atoms with Crippen LogP contribution in [0.4, 0.5) is 0 Å². The number of hydrogen-bond donors (Lipinski definition) is 2. The molecule has 0 amide bonds. The summed E-state index contributed by atoms with van der Waals surface area (Å²) in [7, 11) is 0. The van der Waals surface area contributed by atoms with Gasteiger partial charge in [0.15, 0.2) is 17.7 Å². The van der Waals surface area contributed by atoms with Crippen molar-refractivity contribution >= 4 is 11.9 Å². The van der Waals surface area contributed by atoms with Crippen molar-refractivity contribution in [2.45, 2.75) is 90.4 Å². The fourth-order valence-corrected chi connectivity index (χ4v) is 9.74. The third-order valence-electron chi connectivity index (χ3n) is 11.3. The maximum atomic E-state index is 13.3. The van der Waals surface area contributed by atoms with Crippen molar-refractivity contribution in [1.82, 2.24) is 9.78 Å². The van der Waals surface area contributed by atoms with Gasteiger partial charge in [0, 0.05) is 11.6 Å². The van der Waals surface area contributed by atoms with Gasteiger partial charge in [0.05, 0.1) is 24.4 Å². The predicted octanol–water partition coefficient (Wildman–Crippen LogP) is 4.06. The van der Waals surface area contributed by atoms with E-state index in [2.05, 4.69) is 62.0 Å². The molecule has 0 bridgehead atoms. The highest BCUT2D eigenvalue weighted by Crippen LogP contribution is 2.70. The van der Waals surface area contributed by atoms with E-state index in [1.165, 1.54) is 22.3 Å². The normalized spacial score (nSPS) is 42.2. The van der Waals surface area contributed by atoms with Gasteiger partial charge in [-0.3, -0.25) is 9.48 Å². The number of rotatable bonds is 4. The van der Waals surface area contributed by atoms with E-state index in [1.807, 2.05) is 6.92 Å². The molecule has 208 valence electrons. The zero-order valence-corrected chi connectivity index (χ0v) is 23.4. The van der Waals surface area contributed by atoms with Gasteiger partial charge in [-0.05, 0) is 86.3 Å². The van der Waals surface area contributed by atoms with Crippen LogP contribution in [-0.4, -0.2) is 56.5 Å². The molecular weight excluding hydrogens is 492 g/mol. The summed E-state index contributed by atoms with van der Waals surface area (Å²) in [6, 6.07) is 8.60. The lowest BCUT2D eigenvalue weighted by atomic mass is 9.45. The van der Waals surface area contributed by atoms with Gasteiger partial charge in [-0.15, -0.1) is 0 Å². The third-order valence-corrected chi connectivity index (χ3v) is 11.3. The third kappa shape index (κ3) is 3.43. The Kier molecular flexibility index (Phi) is 5.65. The maximum absolute atomic E-state index is 13.3. The number of ether oxygens (including phenoxy) is 2. The molecule has 1 unspecified atom stereocenters. The van der Waals surface area contributed by atoms with Crippen molar-refractivity contribution in [1.29, 1.82) is 0 Å². The van der Waals surface area contributed by atoms with Crippen molar-refractivity contribution in [2.24, 2.45) is 28.6 Å². The first-order valence-corrected chi connectivity index (χ1v) is 14.6. The summed E-state index contributed by atoms with van der Waals surface area (Å²) in [5.74, 6) is 0.213. The van der Waals surface area contributed by atoms with Crippen molar-refractivity contribution < 1.29 is 24.5 Å². The van der Waals surface area contributed by atoms with E-state index in [9.17, 15) is 15.0 Å². The molecule has 0 radical (unpaired) electrons. The van der Waals surface area contributed by atoms with Crippen molar-refractivity contribution in [3.63, 3.8) is 0 Å². The standard InChI is InChI=1S/C32H40N2O5/c1-18-5-7-20(8-6-18)15-34-16-21-13-30(3)22(11-25(21)33-34)9-10-23-24-12-28-32(27(37)17-35,39-19(2)38-28)31(24,4)14-26(36)29(23)30/h5-8,11,16,19,23-24,26,28-29,35-36H,9-10,12-15,17H2,1-4H3/t19?,23-,24-,26-,28+,29+,30-,31-,32+/m0/s1. The maximum Gasteiger partial charge on any atom is 0.193 e. The average molecular weight is 533 g/mol. The van der Waals surface area contributed by atoms with Gasteiger partial charge in [0.25, 0.3) is 0 Å². The summed E-state index contributed by atoms with van der Waals surface area (Å²) < 4.78 is 14.5. The Balaban J connectivity index is 1.21. The van der Waals surface area contributed by atoms with Gasteiger partial charge in [0.2, 0.25) is 0 Å². The number of fused-ring (bicyclic) bond motifs is 8. The zero-order valence-electron chi connectivity index (χ0n) is 23.4. The molecule has 1 aromatic heterocycles. The predicted molar refractivity (Wildman–Crippen MR) is 146 cm³/mol. The van der Waals surface area contributed by atoms with Crippen molar-refractivity contribution in [3.05, 3.63) is 58.4 Å². The minimum atomic E-state index is -1.19. The number of hydrogen-bond acceptors (Lipinski definition) is 6. The Morgan fingerprint density at radius 1 is 1.23 bits per heavy atom. The summed E-state index contributed by atoms with van der Waals surface area (Å²) >= 11 is 0. The fraction of sp³-hybridized carbons (Fsp3) is 0.625. The number of Topliss-reactive ketones (excluding diaryl/α,β-unsaturated/α-hetero) is 1. The first kappa shape index (κ1) is 25.6. The highest BCUT2D eigenvalue weighted by atomic mass is 16.7. The number of carbonyl (C=O) groups excluding carboxylic acids is 1. The van der Waals surface area contributed by atoms with Gasteiger partial charge in [-0.1, -0.05) is 49.2 Å². The molecule has 4 fully saturated rings. The lowest BCUT2D eigenvalue weighted by molar-refractivity contribution is -0.199. The van der Waals surface area contributed by atoms with E-state index < -0.39 is 30.0 Å². The van der Waals surface area contributed by atoms with Crippen molar-refractivity contribution in [2.75, 3.05) is 6.61 Å². The molecule has 1 aromatic carbocycles. The summed E-state index contributed by atoms with van der Waals surface area (Å²) in [6.45, 7) is 8.53. The van der Waals surface area contributed by atoms with Crippen LogP contribution in [0.25, 0.3) is 6.08 Å². The number of ketones is 1. The van der Waals surface area contributed by atoms with Gasteiger partial charge >= 0.3 is 0 Å². The minimum absolute atomic E-state index is 0.0849. The summed E-state index contributed by atoms with van der Waals surface area (Å²) in [4.78, 5) is 13.3. The molecule has 9 atom stereocenters. The Morgan fingerprint density at radius 3 is 2.74 bits per heavy atom. The number of nitrogens with zero attached hydrogens (tertiary/aromatic N) is 2. The van der Waals surface area contributed by atoms with E-state index in [0.29, 0.717) is 6.42 Å². The molecule has 4 aliphatic carbocycles. The molecule has 1 saturated heterocycles. The quantitative estimate of drug-likeness (QED) is 0.617. The van der Waals surface area contributed by atoms with Crippen molar-refractivity contribution in [3.8, 4) is 0 Å². The van der Waals surface area contributed by atoms with E-state index in [0.717, 1.165) is 37.9 Å². The summed E-state index contributed by atoms with van der Waals surface area (Å²) in [5.41, 5.74) is 4.23. The first-order valence-electron chi connectivity index (χ1n) is 14.6. The number of aromatic nitrogens is 2. The second-order valence-corrected chi connectivity index (χ2v) is 13.4. The smallest absolute Gasteiger partial charge is 0.193 e. The lowest BCUT2D eigenvalue weighted by Gasteiger charge is -2.60. The van der Waals surface area contributed by atoms with Crippen LogP contribution in [0.2, 0.25) is 0 Å². The van der Waals surface area contributed by atoms with E-state index >= 15 is 0 Å². The van der Waals surface area contributed by atoms with Gasteiger partial charge in [-0.25, -0.2) is 0 Å². The molecule has 2 aromatic rings. The van der Waals surface area contributed by atoms with Crippen LogP contribution in [-0.2, 0) is 27.2 Å². The number of aliphatic hydroxyl groups excluding tert-OH is 2. The number of allylic oxidation sites excluding steroid dienone is 1. The van der Waals surface area contributed by atoms with Crippen LogP contribution in [0.1, 0.15) is 68.8 Å². The second-order valence-electron chi connectivity index (χ2n) is 13.4. The van der Waals surface area contributed by atoms with Crippen LogP contribution < -0.4 is 0 Å². The summed E-state index contributed by atoms with van der Waals surface area (Å²) in [5, 5.41) is 26.8. The number of aliphatic hydroxyl groups is 2. The van der Waals surface area contributed by atoms with Crippen LogP contribution in [0.5, 0.6) is 0 Å². The molecule has 7 heteroatoms. The summed E-state index contributed by atoms with van der Waals surface area (Å²) in [6.07, 6.45) is 7.02. The lowest BCUT2D eigenvalue weighted by Crippen LogP contribution is -2.63. The molecule has 39 heavy (non-hydrogen) atoms. The molecule has 3 saturated carbocycles. The van der Waals surface area contributed by atoms with Crippen LogP contribution in [0.3, 0.4) is 0 Å². The average Bonchev–Trinajstić information content (AvgIpc) is 3.51. The Hall–Kier alpha value is -2.32. The fourth-order valence-electron chi connectivity index (χ4n) is 9.74. The van der Waals surface area contributed by atoms with E-state index in [-0.39, 0.29) is 35.1 Å². The second kappa shape index (κ2) is 8.59. The Bertz CT molecular complexity index is 1350. The largest absolute Gasteiger partial charge is 0.393 e. The van der Waals surface area contributed by atoms with E-state index in [1.54, 1.807) is 0 Å². The number of carbonyl (C=O) groups is 1. The molecular formula is C32H40N2O5. The molecule has 1 aliphatic heterocycles. The SMILES string of the molecule is Cc1ccc(Cn2cc3c(n2)C=C2CC[C@@H]4[C@H]([C@@H](O)C[C@@]5(C)[C@H]4C[C@H]4OC(C)O[C@]45C(=O)CO)[C@@]2(C)C3)cc1. The zero-order chi connectivity index (χ0) is 27.3. The number of benzene rings is 1. The topological polar surface area (TPSA) is 93.8 Å². The van der Waals surface area contributed by atoms with Gasteiger partial charge in [-0.2, -0.15) is 5.10 Å². The van der Waals surface area contributed by atoms with Crippen LogP contribution in [0.15, 0.2) is 36.0 Å². The van der Waals surface area contributed by atoms with Crippen LogP contribution >= 0.6 is 0 Å².